The highest BCUT2D eigenvalue weighted by atomic mass is 16.5. The van der Waals surface area contributed by atoms with Gasteiger partial charge in [-0.15, -0.1) is 0 Å². The second-order valence-corrected chi connectivity index (χ2v) is 8.48. The van der Waals surface area contributed by atoms with Crippen LogP contribution in [0.3, 0.4) is 0 Å². The first kappa shape index (κ1) is 19.6. The summed E-state index contributed by atoms with van der Waals surface area (Å²) < 4.78 is 22.5. The predicted molar refractivity (Wildman–Crippen MR) is 112 cm³/mol. The Balaban J connectivity index is 1.80. The van der Waals surface area contributed by atoms with Crippen LogP contribution in [-0.4, -0.2) is 63.8 Å². The number of piperidine rings is 2. The van der Waals surface area contributed by atoms with Crippen LogP contribution in [0.2, 0.25) is 0 Å². The summed E-state index contributed by atoms with van der Waals surface area (Å²) in [6.07, 6.45) is 3.56. The van der Waals surface area contributed by atoms with E-state index < -0.39 is 5.41 Å². The van der Waals surface area contributed by atoms with Crippen molar-refractivity contribution in [1.82, 2.24) is 4.90 Å². The van der Waals surface area contributed by atoms with Crippen molar-refractivity contribution >= 4 is 17.4 Å². The maximum atomic E-state index is 13.3. The van der Waals surface area contributed by atoms with Crippen molar-refractivity contribution in [2.24, 2.45) is 16.8 Å². The number of fused-ring (bicyclic) bond motifs is 2. The Morgan fingerprint density at radius 1 is 1.20 bits per heavy atom. The van der Waals surface area contributed by atoms with Crippen LogP contribution < -0.4 is 9.47 Å². The number of carbonyl (C=O) groups excluding carboxylic acids is 1. The number of hydrogen-bond acceptors (Lipinski definition) is 7. The van der Waals surface area contributed by atoms with Crippen LogP contribution >= 0.6 is 0 Å². The van der Waals surface area contributed by atoms with Gasteiger partial charge in [0.05, 0.1) is 44.4 Å². The topological polar surface area (TPSA) is 69.6 Å². The van der Waals surface area contributed by atoms with Crippen molar-refractivity contribution in [3.05, 3.63) is 29.3 Å². The van der Waals surface area contributed by atoms with Gasteiger partial charge in [-0.3, -0.25) is 14.7 Å². The molecule has 0 unspecified atom stereocenters. The van der Waals surface area contributed by atoms with Gasteiger partial charge in [-0.05, 0) is 30.9 Å². The molecule has 5 atom stereocenters. The van der Waals surface area contributed by atoms with Gasteiger partial charge in [0.1, 0.15) is 6.23 Å². The smallest absolute Gasteiger partial charge is 0.310 e. The molecule has 0 radical (unpaired) electrons. The number of hydrogen-bond donors (Lipinski definition) is 0. The molecular weight excluding hydrogens is 384 g/mol. The molecule has 3 heterocycles. The third-order valence-electron chi connectivity index (χ3n) is 7.61. The maximum Gasteiger partial charge on any atom is 0.310 e. The summed E-state index contributed by atoms with van der Waals surface area (Å²) >= 11 is 0. The molecular formula is C23H28N2O5. The van der Waals surface area contributed by atoms with Gasteiger partial charge in [-0.2, -0.15) is 0 Å². The molecule has 7 nitrogen and oxygen atoms in total. The van der Waals surface area contributed by atoms with Crippen LogP contribution in [0.25, 0.3) is 0 Å². The molecule has 30 heavy (non-hydrogen) atoms. The SMILES string of the molecule is CC=C1CN2[C@@H](OC)C[C@]34C(=Nc5cc(OC)c(OC)cc53)[C@@H]2C[C@@H]1[C@H]4C(=O)OC. The van der Waals surface area contributed by atoms with E-state index in [9.17, 15) is 4.79 Å². The fourth-order valence-corrected chi connectivity index (χ4v) is 6.37. The van der Waals surface area contributed by atoms with E-state index in [4.69, 9.17) is 23.9 Å². The number of rotatable bonds is 4. The van der Waals surface area contributed by atoms with Crippen LogP contribution in [0, 0.1) is 11.8 Å². The predicted octanol–water partition coefficient (Wildman–Crippen LogP) is 2.84. The van der Waals surface area contributed by atoms with Crippen molar-refractivity contribution in [3.63, 3.8) is 0 Å². The van der Waals surface area contributed by atoms with Crippen molar-refractivity contribution in [2.75, 3.05) is 35.0 Å². The Bertz CT molecular complexity index is 971. The van der Waals surface area contributed by atoms with Gasteiger partial charge in [0.2, 0.25) is 0 Å². The van der Waals surface area contributed by atoms with Gasteiger partial charge in [0.15, 0.2) is 11.5 Å². The third-order valence-corrected chi connectivity index (χ3v) is 7.61. The molecule has 3 fully saturated rings. The molecule has 4 aliphatic rings. The molecule has 1 aromatic rings. The molecule has 1 aliphatic carbocycles. The van der Waals surface area contributed by atoms with Crippen LogP contribution in [0.15, 0.2) is 28.8 Å². The third kappa shape index (κ3) is 2.28. The highest BCUT2D eigenvalue weighted by Crippen LogP contribution is 2.62. The van der Waals surface area contributed by atoms with E-state index in [0.29, 0.717) is 17.9 Å². The summed E-state index contributed by atoms with van der Waals surface area (Å²) in [5, 5.41) is 0. The number of nitrogens with zero attached hydrogens (tertiary/aromatic N) is 2. The van der Waals surface area contributed by atoms with Crippen molar-refractivity contribution < 1.29 is 23.7 Å². The monoisotopic (exact) mass is 412 g/mol. The molecule has 7 heteroatoms. The number of ether oxygens (including phenoxy) is 4. The molecule has 0 spiro atoms. The fraction of sp³-hybridized carbons (Fsp3) is 0.565. The van der Waals surface area contributed by atoms with Crippen LogP contribution in [-0.2, 0) is 19.7 Å². The lowest BCUT2D eigenvalue weighted by Gasteiger charge is -2.61. The Morgan fingerprint density at radius 3 is 2.57 bits per heavy atom. The Morgan fingerprint density at radius 2 is 1.93 bits per heavy atom. The molecule has 2 saturated heterocycles. The number of aliphatic imine (C=N–C) groups is 1. The largest absolute Gasteiger partial charge is 0.493 e. The van der Waals surface area contributed by atoms with E-state index in [2.05, 4.69) is 17.9 Å². The molecule has 0 amide bonds. The average Bonchev–Trinajstić information content (AvgIpc) is 3.10. The minimum absolute atomic E-state index is 0.101. The standard InChI is InChI=1S/C23H28N2O5/c1-6-12-11-25-16-7-13(12)20(22(26)30-5)23(10-19(25)29-4)14-8-17(27-2)18(28-3)9-15(14)24-21(16)23/h6,8-9,13,16,19-20H,7,10-11H2,1-5H3/t13-,16-,19-,20-,23-/m0/s1. The summed E-state index contributed by atoms with van der Waals surface area (Å²) in [4.78, 5) is 20.8. The minimum atomic E-state index is -0.568. The Labute approximate surface area is 176 Å². The van der Waals surface area contributed by atoms with Crippen LogP contribution in [0.5, 0.6) is 11.5 Å². The molecule has 160 valence electrons. The number of esters is 1. The number of allylic oxidation sites excluding steroid dienone is 1. The minimum Gasteiger partial charge on any atom is -0.493 e. The van der Waals surface area contributed by atoms with Gasteiger partial charge in [0.25, 0.3) is 0 Å². The van der Waals surface area contributed by atoms with E-state index in [1.807, 2.05) is 12.1 Å². The normalized spacial score (nSPS) is 35.0. The highest BCUT2D eigenvalue weighted by molar-refractivity contribution is 6.10. The lowest BCUT2D eigenvalue weighted by atomic mass is 9.50. The number of benzene rings is 1. The maximum absolute atomic E-state index is 13.3. The van der Waals surface area contributed by atoms with E-state index in [-0.39, 0.29) is 30.1 Å². The molecule has 0 N–H and O–H groups in total. The van der Waals surface area contributed by atoms with Crippen molar-refractivity contribution in [2.45, 2.75) is 37.5 Å². The Hall–Kier alpha value is -2.38. The number of methoxy groups -OCH3 is 4. The Kier molecular flexibility index (Phi) is 4.45. The summed E-state index contributed by atoms with van der Waals surface area (Å²) in [5.41, 5.74) is 3.63. The van der Waals surface area contributed by atoms with Gasteiger partial charge < -0.3 is 18.9 Å². The van der Waals surface area contributed by atoms with Gasteiger partial charge in [0, 0.05) is 31.9 Å². The van der Waals surface area contributed by atoms with Crippen LogP contribution in [0.4, 0.5) is 5.69 Å². The van der Waals surface area contributed by atoms with E-state index in [0.717, 1.165) is 29.9 Å². The van der Waals surface area contributed by atoms with Gasteiger partial charge >= 0.3 is 5.97 Å². The quantitative estimate of drug-likeness (QED) is 0.560. The summed E-state index contributed by atoms with van der Waals surface area (Å²) in [5.74, 6) is 0.880. The average molecular weight is 412 g/mol. The second-order valence-electron chi connectivity index (χ2n) is 8.48. The van der Waals surface area contributed by atoms with Crippen molar-refractivity contribution in [3.8, 4) is 11.5 Å². The molecule has 5 rings (SSSR count). The zero-order chi connectivity index (χ0) is 21.2. The second kappa shape index (κ2) is 6.82. The molecule has 1 aromatic carbocycles. The zero-order valence-electron chi connectivity index (χ0n) is 18.1. The highest BCUT2D eigenvalue weighted by Gasteiger charge is 2.67. The molecule has 0 aromatic heterocycles. The van der Waals surface area contributed by atoms with Crippen molar-refractivity contribution in [1.29, 1.82) is 0 Å². The molecule has 3 bridgehead atoms. The summed E-state index contributed by atoms with van der Waals surface area (Å²) in [7, 11) is 6.48. The van der Waals surface area contributed by atoms with E-state index in [1.54, 1.807) is 21.3 Å². The lowest BCUT2D eigenvalue weighted by Crippen LogP contribution is -2.71. The van der Waals surface area contributed by atoms with Gasteiger partial charge in [-0.1, -0.05) is 11.6 Å². The van der Waals surface area contributed by atoms with E-state index in [1.165, 1.54) is 12.7 Å². The molecule has 3 aliphatic heterocycles. The summed E-state index contributed by atoms with van der Waals surface area (Å²) in [6, 6.07) is 4.06. The summed E-state index contributed by atoms with van der Waals surface area (Å²) in [6.45, 7) is 2.84. The fourth-order valence-electron chi connectivity index (χ4n) is 6.37. The van der Waals surface area contributed by atoms with Crippen LogP contribution in [0.1, 0.15) is 25.3 Å². The first-order valence-corrected chi connectivity index (χ1v) is 10.4. The van der Waals surface area contributed by atoms with E-state index >= 15 is 0 Å². The first-order valence-electron chi connectivity index (χ1n) is 10.4. The number of carbonyl (C=O) groups is 1. The lowest BCUT2D eigenvalue weighted by molar-refractivity contribution is -0.158. The molecule has 1 saturated carbocycles. The zero-order valence-corrected chi connectivity index (χ0v) is 18.1. The van der Waals surface area contributed by atoms with Gasteiger partial charge in [-0.25, -0.2) is 0 Å². The first-order chi connectivity index (χ1) is 14.5.